The summed E-state index contributed by atoms with van der Waals surface area (Å²) in [4.78, 5) is 12.5. The van der Waals surface area contributed by atoms with Gasteiger partial charge in [0, 0.05) is 11.8 Å². The van der Waals surface area contributed by atoms with Crippen molar-refractivity contribution in [1.29, 1.82) is 5.41 Å². The van der Waals surface area contributed by atoms with Crippen molar-refractivity contribution < 1.29 is 10.0 Å². The summed E-state index contributed by atoms with van der Waals surface area (Å²) in [6, 6.07) is 11.8. The summed E-state index contributed by atoms with van der Waals surface area (Å²) in [5.41, 5.74) is 6.69. The molecular weight excluding hydrogens is 306 g/mol. The van der Waals surface area contributed by atoms with Crippen molar-refractivity contribution in [2.75, 3.05) is 5.01 Å². The highest BCUT2D eigenvalue weighted by Gasteiger charge is 2.22. The Hall–Kier alpha value is -2.80. The Bertz CT molecular complexity index is 696. The second-order valence-corrected chi connectivity index (χ2v) is 4.29. The number of benzene rings is 1. The van der Waals surface area contributed by atoms with Crippen molar-refractivity contribution in [3.8, 4) is 0 Å². The zero-order chi connectivity index (χ0) is 15.4. The van der Waals surface area contributed by atoms with E-state index in [0.29, 0.717) is 17.0 Å². The third-order valence-corrected chi connectivity index (χ3v) is 2.91. The van der Waals surface area contributed by atoms with Crippen LogP contribution < -0.4 is 10.7 Å². The zero-order valence-electron chi connectivity index (χ0n) is 11.8. The normalized spacial score (nSPS) is 10.7. The first-order chi connectivity index (χ1) is 10.1. The number of aromatic nitrogens is 1. The van der Waals surface area contributed by atoms with Crippen molar-refractivity contribution in [2.24, 2.45) is 10.9 Å². The Morgan fingerprint density at radius 1 is 1.27 bits per heavy atom. The molecule has 1 aromatic heterocycles. The summed E-state index contributed by atoms with van der Waals surface area (Å²) in [5, 5.41) is 20.7. The van der Waals surface area contributed by atoms with Crippen LogP contribution in [0.5, 0.6) is 0 Å². The maximum atomic E-state index is 12.5. The van der Waals surface area contributed by atoms with Gasteiger partial charge in [-0.25, -0.2) is 4.68 Å². The van der Waals surface area contributed by atoms with E-state index in [1.807, 2.05) is 0 Å². The number of hydrogen-bond donors (Lipinski definition) is 3. The number of halogens is 1. The highest BCUT2D eigenvalue weighted by atomic mass is 35.5. The summed E-state index contributed by atoms with van der Waals surface area (Å²) in [5.74, 6) is -0.890. The van der Waals surface area contributed by atoms with Crippen LogP contribution >= 0.6 is 12.4 Å². The maximum absolute atomic E-state index is 12.5. The van der Waals surface area contributed by atoms with E-state index < -0.39 is 11.9 Å². The number of carbonyl (C=O) groups is 1. The van der Waals surface area contributed by atoms with E-state index in [1.165, 1.54) is 4.68 Å². The SMILES string of the molecule is C/C(=N/O)c1cccn1N(C(=N)N)C(=O)c1ccccc1.Cl. The Balaban J connectivity index is 0.00000242. The highest BCUT2D eigenvalue weighted by Crippen LogP contribution is 2.09. The molecule has 0 aliphatic heterocycles. The monoisotopic (exact) mass is 321 g/mol. The van der Waals surface area contributed by atoms with E-state index in [1.54, 1.807) is 55.6 Å². The molecule has 1 amide bonds. The third kappa shape index (κ3) is 3.26. The molecule has 7 nitrogen and oxygen atoms in total. The molecule has 116 valence electrons. The summed E-state index contributed by atoms with van der Waals surface area (Å²) in [6.45, 7) is 1.58. The van der Waals surface area contributed by atoms with Crippen LogP contribution in [-0.2, 0) is 0 Å². The molecule has 0 bridgehead atoms. The molecule has 0 saturated carbocycles. The fourth-order valence-electron chi connectivity index (χ4n) is 1.91. The molecular formula is C14H16ClN5O2. The standard InChI is InChI=1S/C14H15N5O2.ClH/c1-10(17-21)12-8-5-9-18(12)19(14(15)16)13(20)11-6-3-2-4-7-11;/h2-9,21H,1H3,(H3,15,16);1H/b17-10-;. The Labute approximate surface area is 133 Å². The van der Waals surface area contributed by atoms with Gasteiger partial charge in [0.2, 0.25) is 5.96 Å². The van der Waals surface area contributed by atoms with Crippen molar-refractivity contribution in [1.82, 2.24) is 4.68 Å². The molecule has 1 aromatic carbocycles. The van der Waals surface area contributed by atoms with Gasteiger partial charge in [0.1, 0.15) is 5.71 Å². The van der Waals surface area contributed by atoms with Gasteiger partial charge >= 0.3 is 0 Å². The van der Waals surface area contributed by atoms with Gasteiger partial charge < -0.3 is 10.9 Å². The van der Waals surface area contributed by atoms with Gasteiger partial charge in [-0.1, -0.05) is 23.4 Å². The molecule has 2 aromatic rings. The van der Waals surface area contributed by atoms with Crippen LogP contribution in [0.15, 0.2) is 53.8 Å². The number of guanidine groups is 1. The third-order valence-electron chi connectivity index (χ3n) is 2.91. The minimum Gasteiger partial charge on any atom is -0.411 e. The minimum atomic E-state index is -0.453. The first kappa shape index (κ1) is 17.3. The topological polar surface area (TPSA) is 108 Å². The number of rotatable bonds is 3. The lowest BCUT2D eigenvalue weighted by molar-refractivity contribution is 0.0980. The lowest BCUT2D eigenvalue weighted by Gasteiger charge is -2.23. The number of nitrogens with one attached hydrogen (secondary N) is 1. The molecule has 0 spiro atoms. The summed E-state index contributed by atoms with van der Waals surface area (Å²) >= 11 is 0. The van der Waals surface area contributed by atoms with E-state index in [4.69, 9.17) is 16.4 Å². The van der Waals surface area contributed by atoms with Crippen molar-refractivity contribution in [3.63, 3.8) is 0 Å². The molecule has 0 radical (unpaired) electrons. The number of amides is 1. The second-order valence-electron chi connectivity index (χ2n) is 4.29. The number of hydrogen-bond acceptors (Lipinski definition) is 4. The molecule has 2 rings (SSSR count). The van der Waals surface area contributed by atoms with Crippen LogP contribution in [0, 0.1) is 5.41 Å². The lowest BCUT2D eigenvalue weighted by Crippen LogP contribution is -2.49. The number of oxime groups is 1. The van der Waals surface area contributed by atoms with Crippen LogP contribution in [-0.4, -0.2) is 27.5 Å². The van der Waals surface area contributed by atoms with Crippen LogP contribution in [0.3, 0.4) is 0 Å². The fraction of sp³-hybridized carbons (Fsp3) is 0.0714. The minimum absolute atomic E-state index is 0. The first-order valence-corrected chi connectivity index (χ1v) is 6.16. The maximum Gasteiger partial charge on any atom is 0.280 e. The number of nitrogens with two attached hydrogens (primary N) is 1. The largest absolute Gasteiger partial charge is 0.411 e. The molecule has 0 aliphatic rings. The van der Waals surface area contributed by atoms with Gasteiger partial charge in [-0.15, -0.1) is 12.4 Å². The van der Waals surface area contributed by atoms with E-state index >= 15 is 0 Å². The second kappa shape index (κ2) is 7.28. The molecule has 0 saturated heterocycles. The van der Waals surface area contributed by atoms with Crippen molar-refractivity contribution >= 4 is 30.0 Å². The molecule has 0 atom stereocenters. The van der Waals surface area contributed by atoms with Crippen LogP contribution in [0.2, 0.25) is 0 Å². The van der Waals surface area contributed by atoms with E-state index in [9.17, 15) is 4.79 Å². The average molecular weight is 322 g/mol. The van der Waals surface area contributed by atoms with Gasteiger partial charge in [-0.2, -0.15) is 5.01 Å². The van der Waals surface area contributed by atoms with Crippen LogP contribution in [0.4, 0.5) is 0 Å². The van der Waals surface area contributed by atoms with E-state index in [0.717, 1.165) is 5.01 Å². The predicted molar refractivity (Wildman–Crippen MR) is 86.6 cm³/mol. The van der Waals surface area contributed by atoms with Crippen molar-refractivity contribution in [3.05, 3.63) is 59.9 Å². The van der Waals surface area contributed by atoms with Gasteiger partial charge in [-0.3, -0.25) is 10.2 Å². The van der Waals surface area contributed by atoms with E-state index in [2.05, 4.69) is 5.16 Å². The number of nitrogens with zero attached hydrogens (tertiary/aromatic N) is 3. The van der Waals surface area contributed by atoms with Gasteiger partial charge in [0.05, 0.1) is 5.69 Å². The lowest BCUT2D eigenvalue weighted by atomic mass is 10.2. The van der Waals surface area contributed by atoms with Crippen LogP contribution in [0.1, 0.15) is 23.0 Å². The fourth-order valence-corrected chi connectivity index (χ4v) is 1.91. The Morgan fingerprint density at radius 2 is 1.91 bits per heavy atom. The summed E-state index contributed by atoms with van der Waals surface area (Å²) in [7, 11) is 0. The molecule has 22 heavy (non-hydrogen) atoms. The van der Waals surface area contributed by atoms with Gasteiger partial charge in [0.15, 0.2) is 0 Å². The summed E-state index contributed by atoms with van der Waals surface area (Å²) < 4.78 is 1.37. The molecule has 1 heterocycles. The first-order valence-electron chi connectivity index (χ1n) is 6.16. The molecule has 0 fully saturated rings. The predicted octanol–water partition coefficient (Wildman–Crippen LogP) is 1.78. The number of carbonyl (C=O) groups excluding carboxylic acids is 1. The molecule has 8 heteroatoms. The van der Waals surface area contributed by atoms with Crippen LogP contribution in [0.25, 0.3) is 0 Å². The summed E-state index contributed by atoms with van der Waals surface area (Å²) in [6.07, 6.45) is 1.56. The molecule has 0 unspecified atom stereocenters. The smallest absolute Gasteiger partial charge is 0.280 e. The molecule has 4 N–H and O–H groups in total. The zero-order valence-corrected chi connectivity index (χ0v) is 12.6. The van der Waals surface area contributed by atoms with Gasteiger partial charge in [-0.05, 0) is 31.2 Å². The Kier molecular flexibility index (Phi) is 5.71. The van der Waals surface area contributed by atoms with Crippen molar-refractivity contribution in [2.45, 2.75) is 6.92 Å². The highest BCUT2D eigenvalue weighted by molar-refractivity contribution is 6.16. The van der Waals surface area contributed by atoms with E-state index in [-0.39, 0.29) is 12.4 Å². The quantitative estimate of drug-likeness (QED) is 0.347. The Morgan fingerprint density at radius 3 is 2.45 bits per heavy atom. The average Bonchev–Trinajstić information content (AvgIpc) is 2.96. The van der Waals surface area contributed by atoms with Gasteiger partial charge in [0.25, 0.3) is 5.91 Å². The molecule has 0 aliphatic carbocycles.